The van der Waals surface area contributed by atoms with Crippen LogP contribution in [0, 0.1) is 17.1 Å². The molecule has 6 heteroatoms. The van der Waals surface area contributed by atoms with Crippen LogP contribution in [-0.2, 0) is 12.8 Å². The number of aryl methyl sites for hydroxylation is 1. The van der Waals surface area contributed by atoms with Crippen LogP contribution in [0.3, 0.4) is 0 Å². The number of halogens is 1. The van der Waals surface area contributed by atoms with Crippen molar-refractivity contribution >= 4 is 11.8 Å². The normalized spacial score (nSPS) is 10.2. The molecule has 86 valence electrons. The van der Waals surface area contributed by atoms with Gasteiger partial charge in [0.2, 0.25) is 0 Å². The first-order chi connectivity index (χ1) is 8.20. The number of nitrogens with zero attached hydrogens (tertiary/aromatic N) is 4. The Morgan fingerprint density at radius 2 is 2.35 bits per heavy atom. The lowest BCUT2D eigenvalue weighted by molar-refractivity contribution is 0.623. The molecule has 0 aliphatic carbocycles. The van der Waals surface area contributed by atoms with E-state index in [1.54, 1.807) is 23.0 Å². The predicted octanol–water partition coefficient (Wildman–Crippen LogP) is 2.12. The molecule has 0 aliphatic rings. The molecule has 0 bridgehead atoms. The summed E-state index contributed by atoms with van der Waals surface area (Å²) in [5.74, 6) is 0.140. The molecule has 0 saturated heterocycles. The van der Waals surface area contributed by atoms with Gasteiger partial charge in [0.15, 0.2) is 5.16 Å². The van der Waals surface area contributed by atoms with Crippen LogP contribution in [0.1, 0.15) is 11.1 Å². The molecular weight excluding hydrogens is 239 g/mol. The smallest absolute Gasteiger partial charge is 0.191 e. The van der Waals surface area contributed by atoms with Gasteiger partial charge in [-0.1, -0.05) is 17.8 Å². The van der Waals surface area contributed by atoms with Crippen molar-refractivity contribution in [3.05, 3.63) is 41.5 Å². The van der Waals surface area contributed by atoms with Crippen molar-refractivity contribution in [1.29, 1.82) is 5.26 Å². The van der Waals surface area contributed by atoms with E-state index in [0.717, 1.165) is 10.7 Å². The largest absolute Gasteiger partial charge is 0.312 e. The zero-order chi connectivity index (χ0) is 12.3. The van der Waals surface area contributed by atoms with E-state index in [1.807, 2.05) is 13.1 Å². The third-order valence-corrected chi connectivity index (χ3v) is 3.29. The second-order valence-corrected chi connectivity index (χ2v) is 4.38. The third-order valence-electron chi connectivity index (χ3n) is 2.19. The third kappa shape index (κ3) is 2.63. The van der Waals surface area contributed by atoms with Gasteiger partial charge in [-0.2, -0.15) is 5.26 Å². The summed E-state index contributed by atoms with van der Waals surface area (Å²) >= 11 is 1.49. The fourth-order valence-corrected chi connectivity index (χ4v) is 2.13. The first-order valence-corrected chi connectivity index (χ1v) is 5.84. The number of aromatic nitrogens is 3. The Balaban J connectivity index is 2.10. The molecule has 0 fully saturated rings. The number of benzene rings is 1. The first kappa shape index (κ1) is 11.6. The van der Waals surface area contributed by atoms with Gasteiger partial charge in [0, 0.05) is 12.8 Å². The summed E-state index contributed by atoms with van der Waals surface area (Å²) in [6.45, 7) is 0. The van der Waals surface area contributed by atoms with Crippen LogP contribution < -0.4 is 0 Å². The molecule has 2 aromatic rings. The zero-order valence-corrected chi connectivity index (χ0v) is 9.91. The maximum absolute atomic E-state index is 13.1. The molecule has 0 atom stereocenters. The molecule has 0 unspecified atom stereocenters. The fraction of sp³-hybridized carbons (Fsp3) is 0.182. The van der Waals surface area contributed by atoms with E-state index >= 15 is 0 Å². The van der Waals surface area contributed by atoms with E-state index in [-0.39, 0.29) is 5.56 Å². The molecule has 0 aliphatic heterocycles. The Morgan fingerprint density at radius 1 is 1.53 bits per heavy atom. The van der Waals surface area contributed by atoms with E-state index in [9.17, 15) is 4.39 Å². The van der Waals surface area contributed by atoms with Crippen molar-refractivity contribution in [1.82, 2.24) is 14.8 Å². The summed E-state index contributed by atoms with van der Waals surface area (Å²) in [7, 11) is 1.85. The molecule has 0 amide bonds. The lowest BCUT2D eigenvalue weighted by Gasteiger charge is -2.02. The monoisotopic (exact) mass is 248 g/mol. The van der Waals surface area contributed by atoms with E-state index in [1.165, 1.54) is 17.8 Å². The van der Waals surface area contributed by atoms with Crippen LogP contribution >= 0.6 is 11.8 Å². The van der Waals surface area contributed by atoms with Gasteiger partial charge in [0.1, 0.15) is 18.2 Å². The lowest BCUT2D eigenvalue weighted by Crippen LogP contribution is -1.91. The van der Waals surface area contributed by atoms with E-state index in [0.29, 0.717) is 5.75 Å². The van der Waals surface area contributed by atoms with Crippen molar-refractivity contribution in [3.63, 3.8) is 0 Å². The summed E-state index contributed by atoms with van der Waals surface area (Å²) in [6, 6.07) is 6.35. The summed E-state index contributed by atoms with van der Waals surface area (Å²) in [6.07, 6.45) is 1.62. The summed E-state index contributed by atoms with van der Waals surface area (Å²) in [4.78, 5) is 0. The first-order valence-electron chi connectivity index (χ1n) is 4.86. The quantitative estimate of drug-likeness (QED) is 0.781. The maximum atomic E-state index is 13.1. The molecule has 0 N–H and O–H groups in total. The highest BCUT2D eigenvalue weighted by molar-refractivity contribution is 7.98. The van der Waals surface area contributed by atoms with Gasteiger partial charge in [-0.3, -0.25) is 0 Å². The van der Waals surface area contributed by atoms with Crippen molar-refractivity contribution in [3.8, 4) is 6.07 Å². The van der Waals surface area contributed by atoms with Gasteiger partial charge in [-0.05, 0) is 17.7 Å². The highest BCUT2D eigenvalue weighted by atomic mass is 32.2. The van der Waals surface area contributed by atoms with Gasteiger partial charge in [0.25, 0.3) is 0 Å². The molecule has 17 heavy (non-hydrogen) atoms. The van der Waals surface area contributed by atoms with Crippen molar-refractivity contribution in [2.24, 2.45) is 7.05 Å². The molecule has 0 radical (unpaired) electrons. The van der Waals surface area contributed by atoms with Gasteiger partial charge in [-0.25, -0.2) is 4.39 Å². The van der Waals surface area contributed by atoms with Crippen molar-refractivity contribution < 1.29 is 4.39 Å². The minimum Gasteiger partial charge on any atom is -0.312 e. The molecule has 1 heterocycles. The summed E-state index contributed by atoms with van der Waals surface area (Å²) in [5, 5.41) is 17.2. The summed E-state index contributed by atoms with van der Waals surface area (Å²) < 4.78 is 14.9. The predicted molar refractivity (Wildman–Crippen MR) is 61.7 cm³/mol. The standard InChI is InChI=1S/C11H9FN4S/c1-16-7-14-15-11(16)17-6-8-2-3-10(12)9(4-8)5-13/h2-4,7H,6H2,1H3. The number of rotatable bonds is 3. The minimum atomic E-state index is -0.486. The highest BCUT2D eigenvalue weighted by Crippen LogP contribution is 2.21. The highest BCUT2D eigenvalue weighted by Gasteiger charge is 2.05. The Bertz CT molecular complexity index is 573. The molecule has 4 nitrogen and oxygen atoms in total. The Morgan fingerprint density at radius 3 is 3.00 bits per heavy atom. The Kier molecular flexibility index (Phi) is 3.40. The van der Waals surface area contributed by atoms with Gasteiger partial charge >= 0.3 is 0 Å². The van der Waals surface area contributed by atoms with Crippen LogP contribution in [0.4, 0.5) is 4.39 Å². The number of thioether (sulfide) groups is 1. The lowest BCUT2D eigenvalue weighted by atomic mass is 10.1. The number of hydrogen-bond acceptors (Lipinski definition) is 4. The minimum absolute atomic E-state index is 0.0704. The SMILES string of the molecule is Cn1cnnc1SCc1ccc(F)c(C#N)c1. The molecule has 0 saturated carbocycles. The molecular formula is C11H9FN4S. The van der Waals surface area contributed by atoms with Crippen molar-refractivity contribution in [2.45, 2.75) is 10.9 Å². The molecule has 2 rings (SSSR count). The number of hydrogen-bond donors (Lipinski definition) is 0. The molecule has 1 aromatic carbocycles. The second-order valence-electron chi connectivity index (χ2n) is 3.44. The van der Waals surface area contributed by atoms with Gasteiger partial charge < -0.3 is 4.57 Å². The Hall–Kier alpha value is -1.87. The average molecular weight is 248 g/mol. The van der Waals surface area contributed by atoms with Gasteiger partial charge in [-0.15, -0.1) is 10.2 Å². The summed E-state index contributed by atoms with van der Waals surface area (Å²) in [5.41, 5.74) is 0.956. The average Bonchev–Trinajstić information content (AvgIpc) is 2.74. The second kappa shape index (κ2) is 4.97. The van der Waals surface area contributed by atoms with E-state index in [2.05, 4.69) is 10.2 Å². The maximum Gasteiger partial charge on any atom is 0.191 e. The van der Waals surface area contributed by atoms with E-state index < -0.39 is 5.82 Å². The van der Waals surface area contributed by atoms with E-state index in [4.69, 9.17) is 5.26 Å². The Labute approximate surface area is 102 Å². The topological polar surface area (TPSA) is 54.5 Å². The van der Waals surface area contributed by atoms with Crippen LogP contribution in [0.2, 0.25) is 0 Å². The van der Waals surface area contributed by atoms with Crippen LogP contribution in [-0.4, -0.2) is 14.8 Å². The molecule has 1 aromatic heterocycles. The fourth-order valence-electron chi connectivity index (χ4n) is 1.30. The molecule has 0 spiro atoms. The van der Waals surface area contributed by atoms with Crippen molar-refractivity contribution in [2.75, 3.05) is 0 Å². The zero-order valence-electron chi connectivity index (χ0n) is 9.09. The van der Waals surface area contributed by atoms with Crippen LogP contribution in [0.5, 0.6) is 0 Å². The number of nitriles is 1. The van der Waals surface area contributed by atoms with Crippen LogP contribution in [0.25, 0.3) is 0 Å². The van der Waals surface area contributed by atoms with Crippen LogP contribution in [0.15, 0.2) is 29.7 Å². The van der Waals surface area contributed by atoms with Gasteiger partial charge in [0.05, 0.1) is 5.56 Å².